The Morgan fingerprint density at radius 1 is 1.15 bits per heavy atom. The number of aliphatic hydroxyl groups is 1. The number of alkyl halides is 3. The van der Waals surface area contributed by atoms with Gasteiger partial charge in [0.05, 0.1) is 16.4 Å². The SMILES string of the molecule is O=C1CCc2c(OCC3(O)CCN(c4ccc(OC(F)(F)F)cc4Cl)CC3)ccc(F)c2N1. The van der Waals surface area contributed by atoms with Gasteiger partial charge in [-0.3, -0.25) is 4.79 Å². The molecule has 0 spiro atoms. The number of hydrogen-bond donors (Lipinski definition) is 2. The van der Waals surface area contributed by atoms with Crippen molar-refractivity contribution >= 4 is 28.9 Å². The summed E-state index contributed by atoms with van der Waals surface area (Å²) in [6.07, 6.45) is -3.59. The summed E-state index contributed by atoms with van der Waals surface area (Å²) in [4.78, 5) is 13.4. The van der Waals surface area contributed by atoms with Crippen molar-refractivity contribution in [3.8, 4) is 11.5 Å². The lowest BCUT2D eigenvalue weighted by Crippen LogP contribution is -2.48. The maximum atomic E-state index is 14.0. The largest absolute Gasteiger partial charge is 0.573 e. The van der Waals surface area contributed by atoms with Crippen LogP contribution in [0.5, 0.6) is 11.5 Å². The molecule has 1 amide bonds. The topological polar surface area (TPSA) is 71.0 Å². The second kappa shape index (κ2) is 8.90. The van der Waals surface area contributed by atoms with Crippen molar-refractivity contribution in [2.24, 2.45) is 0 Å². The first-order valence-electron chi connectivity index (χ1n) is 10.3. The molecule has 0 bridgehead atoms. The summed E-state index contributed by atoms with van der Waals surface area (Å²) >= 11 is 6.16. The van der Waals surface area contributed by atoms with Gasteiger partial charge in [0.1, 0.15) is 29.5 Å². The molecule has 0 aliphatic carbocycles. The average Bonchev–Trinajstić information content (AvgIpc) is 2.74. The maximum absolute atomic E-state index is 14.0. The van der Waals surface area contributed by atoms with Crippen molar-refractivity contribution in [2.45, 2.75) is 37.6 Å². The van der Waals surface area contributed by atoms with Crippen LogP contribution in [0.2, 0.25) is 5.02 Å². The number of anilines is 2. The number of nitrogens with zero attached hydrogens (tertiary/aromatic N) is 1. The van der Waals surface area contributed by atoms with E-state index in [1.165, 1.54) is 24.3 Å². The summed E-state index contributed by atoms with van der Waals surface area (Å²) in [7, 11) is 0. The summed E-state index contributed by atoms with van der Waals surface area (Å²) < 4.78 is 60.9. The predicted molar refractivity (Wildman–Crippen MR) is 113 cm³/mol. The van der Waals surface area contributed by atoms with E-state index in [1.807, 2.05) is 4.90 Å². The Morgan fingerprint density at radius 2 is 1.88 bits per heavy atom. The van der Waals surface area contributed by atoms with Crippen LogP contribution in [0.25, 0.3) is 0 Å². The van der Waals surface area contributed by atoms with Crippen LogP contribution in [0, 0.1) is 5.82 Å². The Morgan fingerprint density at radius 3 is 2.55 bits per heavy atom. The molecular weight excluding hydrogens is 468 g/mol. The number of hydrogen-bond acceptors (Lipinski definition) is 5. The van der Waals surface area contributed by atoms with Crippen LogP contribution in [0.3, 0.4) is 0 Å². The molecule has 0 atom stereocenters. The van der Waals surface area contributed by atoms with E-state index in [1.54, 1.807) is 0 Å². The molecule has 6 nitrogen and oxygen atoms in total. The van der Waals surface area contributed by atoms with Crippen molar-refractivity contribution in [3.05, 3.63) is 46.7 Å². The number of amides is 1. The number of rotatable bonds is 5. The van der Waals surface area contributed by atoms with Crippen molar-refractivity contribution in [3.63, 3.8) is 0 Å². The quantitative estimate of drug-likeness (QED) is 0.598. The van der Waals surface area contributed by atoms with E-state index in [9.17, 15) is 27.5 Å². The molecular formula is C22H21ClF4N2O4. The zero-order chi connectivity index (χ0) is 23.8. The number of halogens is 5. The van der Waals surface area contributed by atoms with Crippen LogP contribution in [-0.4, -0.2) is 42.7 Å². The normalized spacial score (nSPS) is 17.9. The Balaban J connectivity index is 1.38. The number of fused-ring (bicyclic) bond motifs is 1. The maximum Gasteiger partial charge on any atom is 0.573 e. The number of carbonyl (C=O) groups excluding carboxylic acids is 1. The molecule has 4 rings (SSSR count). The smallest absolute Gasteiger partial charge is 0.490 e. The van der Waals surface area contributed by atoms with E-state index in [4.69, 9.17) is 16.3 Å². The lowest BCUT2D eigenvalue weighted by Gasteiger charge is -2.39. The number of ether oxygens (including phenoxy) is 2. The highest BCUT2D eigenvalue weighted by atomic mass is 35.5. The first-order chi connectivity index (χ1) is 15.5. The molecule has 1 saturated heterocycles. The van der Waals surface area contributed by atoms with Gasteiger partial charge in [0.15, 0.2) is 0 Å². The Bertz CT molecular complexity index is 1060. The summed E-state index contributed by atoms with van der Waals surface area (Å²) in [6.45, 7) is 0.770. The zero-order valence-corrected chi connectivity index (χ0v) is 18.1. The third-order valence-electron chi connectivity index (χ3n) is 5.77. The third-order valence-corrected chi connectivity index (χ3v) is 6.07. The molecule has 0 radical (unpaired) electrons. The Hall–Kier alpha value is -2.72. The fourth-order valence-electron chi connectivity index (χ4n) is 4.02. The van der Waals surface area contributed by atoms with Crippen molar-refractivity contribution in [2.75, 3.05) is 29.9 Å². The number of benzene rings is 2. The van der Waals surface area contributed by atoms with Crippen LogP contribution in [-0.2, 0) is 11.2 Å². The number of carbonyl (C=O) groups is 1. The highest BCUT2D eigenvalue weighted by molar-refractivity contribution is 6.33. The minimum atomic E-state index is -4.80. The molecule has 178 valence electrons. The van der Waals surface area contributed by atoms with Gasteiger partial charge in [-0.25, -0.2) is 4.39 Å². The molecule has 2 aromatic rings. The highest BCUT2D eigenvalue weighted by Crippen LogP contribution is 2.37. The van der Waals surface area contributed by atoms with E-state index >= 15 is 0 Å². The van der Waals surface area contributed by atoms with Gasteiger partial charge in [-0.2, -0.15) is 0 Å². The predicted octanol–water partition coefficient (Wildman–Crippen LogP) is 4.67. The van der Waals surface area contributed by atoms with E-state index in [0.29, 0.717) is 49.4 Å². The minimum Gasteiger partial charge on any atom is -0.490 e. The third kappa shape index (κ3) is 5.44. The molecule has 11 heteroatoms. The van der Waals surface area contributed by atoms with Gasteiger partial charge in [-0.15, -0.1) is 13.2 Å². The fraction of sp³-hybridized carbons (Fsp3) is 0.409. The van der Waals surface area contributed by atoms with Crippen molar-refractivity contribution in [1.29, 1.82) is 0 Å². The van der Waals surface area contributed by atoms with Crippen LogP contribution in [0.4, 0.5) is 28.9 Å². The summed E-state index contributed by atoms with van der Waals surface area (Å²) in [6, 6.07) is 6.43. The molecule has 0 aromatic heterocycles. The Kier molecular flexibility index (Phi) is 6.32. The summed E-state index contributed by atoms with van der Waals surface area (Å²) in [5, 5.41) is 13.6. The molecule has 0 unspecified atom stereocenters. The van der Waals surface area contributed by atoms with E-state index in [2.05, 4.69) is 10.1 Å². The summed E-state index contributed by atoms with van der Waals surface area (Å²) in [5.41, 5.74) is 0.0563. The molecule has 2 aromatic carbocycles. The highest BCUT2D eigenvalue weighted by Gasteiger charge is 2.35. The molecule has 2 N–H and O–H groups in total. The zero-order valence-electron chi connectivity index (χ0n) is 17.3. The van der Waals surface area contributed by atoms with Gasteiger partial charge in [-0.05, 0) is 43.5 Å². The Labute approximate surface area is 192 Å². The lowest BCUT2D eigenvalue weighted by molar-refractivity contribution is -0.274. The van der Waals surface area contributed by atoms with E-state index in [0.717, 1.165) is 6.07 Å². The lowest BCUT2D eigenvalue weighted by atomic mass is 9.92. The molecule has 2 aliphatic heterocycles. The minimum absolute atomic E-state index is 0.0288. The van der Waals surface area contributed by atoms with Crippen molar-refractivity contribution in [1.82, 2.24) is 0 Å². The molecule has 33 heavy (non-hydrogen) atoms. The molecule has 2 heterocycles. The van der Waals surface area contributed by atoms with Gasteiger partial charge in [0, 0.05) is 31.1 Å². The second-order valence-corrected chi connectivity index (χ2v) is 8.52. The number of nitrogens with one attached hydrogen (secondary N) is 1. The van der Waals surface area contributed by atoms with E-state index < -0.39 is 23.5 Å². The average molecular weight is 489 g/mol. The molecule has 2 aliphatic rings. The first kappa shape index (κ1) is 23.4. The van der Waals surface area contributed by atoms with Gasteiger partial charge >= 0.3 is 6.36 Å². The molecule has 0 saturated carbocycles. The van der Waals surface area contributed by atoms with Gasteiger partial charge in [0.2, 0.25) is 5.91 Å². The van der Waals surface area contributed by atoms with Gasteiger partial charge in [0.25, 0.3) is 0 Å². The first-order valence-corrected chi connectivity index (χ1v) is 10.7. The monoisotopic (exact) mass is 488 g/mol. The van der Waals surface area contributed by atoms with Gasteiger partial charge in [-0.1, -0.05) is 11.6 Å². The summed E-state index contributed by atoms with van der Waals surface area (Å²) in [5.74, 6) is -0.801. The number of piperidine rings is 1. The van der Waals surface area contributed by atoms with Crippen LogP contribution < -0.4 is 19.7 Å². The van der Waals surface area contributed by atoms with E-state index in [-0.39, 0.29) is 29.6 Å². The van der Waals surface area contributed by atoms with Gasteiger partial charge < -0.3 is 24.8 Å². The van der Waals surface area contributed by atoms with Crippen LogP contribution in [0.1, 0.15) is 24.8 Å². The fourth-order valence-corrected chi connectivity index (χ4v) is 4.31. The van der Waals surface area contributed by atoms with Crippen molar-refractivity contribution < 1.29 is 36.9 Å². The standard InChI is InChI=1S/C22H21ClF4N2O4/c23-15-11-13(33-22(25,26)27)1-4-17(15)29-9-7-21(31,8-10-29)12-32-18-5-3-16(24)20-14(18)2-6-19(30)28-20/h1,3-5,11,31H,2,6-10,12H2,(H,28,30). The molecule has 1 fully saturated rings. The van der Waals surface area contributed by atoms with Crippen LogP contribution >= 0.6 is 11.6 Å². The van der Waals surface area contributed by atoms with Crippen LogP contribution in [0.15, 0.2) is 30.3 Å². The second-order valence-electron chi connectivity index (χ2n) is 8.11.